The maximum absolute atomic E-state index is 12.5. The number of aliphatic hydroxyl groups is 1. The summed E-state index contributed by atoms with van der Waals surface area (Å²) < 4.78 is 11.5. The Balaban J connectivity index is 1.74. The number of carbonyl (C=O) groups is 2. The fourth-order valence-corrected chi connectivity index (χ4v) is 5.07. The first-order valence-electron chi connectivity index (χ1n) is 11.3. The van der Waals surface area contributed by atoms with E-state index in [0.29, 0.717) is 24.2 Å². The van der Waals surface area contributed by atoms with Gasteiger partial charge in [-0.3, -0.25) is 9.59 Å². The highest BCUT2D eigenvalue weighted by Gasteiger charge is 2.42. The molecule has 0 radical (unpaired) electrons. The van der Waals surface area contributed by atoms with Crippen molar-refractivity contribution >= 4 is 11.9 Å². The van der Waals surface area contributed by atoms with Crippen molar-refractivity contribution in [1.82, 2.24) is 0 Å². The first-order chi connectivity index (χ1) is 13.8. The van der Waals surface area contributed by atoms with Gasteiger partial charge < -0.3 is 14.6 Å². The predicted molar refractivity (Wildman–Crippen MR) is 111 cm³/mol. The van der Waals surface area contributed by atoms with Crippen LogP contribution in [0.3, 0.4) is 0 Å². The highest BCUT2D eigenvalue weighted by atomic mass is 16.5. The SMILES string of the molecule is CC[C@@H](C)C(=O)O[C@H]1C[C@H](C)C=C2C=C[C@@H](C)[C@@H](CCC3C[C@@H](O)CC(=O)O3)[C@@H]21. The number of hydrogen-bond donors (Lipinski definition) is 1. The Morgan fingerprint density at radius 2 is 2.07 bits per heavy atom. The van der Waals surface area contributed by atoms with Gasteiger partial charge in [0.1, 0.15) is 12.2 Å². The standard InChI is InChI=1S/C24H36O5/c1-5-15(3)24(27)29-21-11-14(2)10-17-7-6-16(4)20(23(17)21)9-8-19-12-18(25)13-22(26)28-19/h6-7,10,14-16,18-21,23,25H,5,8-9,11-13H2,1-4H3/t14-,15-,16-,18-,19?,20-,21+,23-/m1/s1. The van der Waals surface area contributed by atoms with Crippen LogP contribution in [0.5, 0.6) is 0 Å². The summed E-state index contributed by atoms with van der Waals surface area (Å²) in [4.78, 5) is 24.2. The summed E-state index contributed by atoms with van der Waals surface area (Å²) >= 11 is 0. The van der Waals surface area contributed by atoms with Crippen molar-refractivity contribution in [3.8, 4) is 0 Å². The summed E-state index contributed by atoms with van der Waals surface area (Å²) in [6.45, 7) is 8.33. The van der Waals surface area contributed by atoms with Crippen LogP contribution in [0.25, 0.3) is 0 Å². The van der Waals surface area contributed by atoms with E-state index in [9.17, 15) is 14.7 Å². The van der Waals surface area contributed by atoms with Crippen LogP contribution in [0.2, 0.25) is 0 Å². The van der Waals surface area contributed by atoms with Gasteiger partial charge in [0.2, 0.25) is 0 Å². The van der Waals surface area contributed by atoms with Crippen molar-refractivity contribution in [2.45, 2.75) is 84.5 Å². The van der Waals surface area contributed by atoms with E-state index in [0.717, 1.165) is 25.7 Å². The van der Waals surface area contributed by atoms with Crippen LogP contribution in [0.15, 0.2) is 23.8 Å². The van der Waals surface area contributed by atoms with Crippen molar-refractivity contribution in [1.29, 1.82) is 0 Å². The first-order valence-corrected chi connectivity index (χ1v) is 11.3. The minimum atomic E-state index is -0.597. The second kappa shape index (κ2) is 9.46. The third kappa shape index (κ3) is 5.30. The highest BCUT2D eigenvalue weighted by molar-refractivity contribution is 5.72. The summed E-state index contributed by atoms with van der Waals surface area (Å²) in [7, 11) is 0. The summed E-state index contributed by atoms with van der Waals surface area (Å²) in [5.41, 5.74) is 1.27. The molecule has 1 aliphatic heterocycles. The van der Waals surface area contributed by atoms with Crippen LogP contribution >= 0.6 is 0 Å². The van der Waals surface area contributed by atoms with Gasteiger partial charge in [-0.25, -0.2) is 0 Å². The van der Waals surface area contributed by atoms with E-state index in [1.807, 2.05) is 13.8 Å². The minimum absolute atomic E-state index is 0.0854. The molecule has 3 rings (SSSR count). The smallest absolute Gasteiger partial charge is 0.308 e. The average molecular weight is 405 g/mol. The molecule has 0 aromatic rings. The van der Waals surface area contributed by atoms with E-state index in [2.05, 4.69) is 32.1 Å². The number of esters is 2. The molecule has 2 aliphatic carbocycles. The molecular formula is C24H36O5. The molecule has 162 valence electrons. The Morgan fingerprint density at radius 3 is 2.76 bits per heavy atom. The molecule has 5 nitrogen and oxygen atoms in total. The van der Waals surface area contributed by atoms with E-state index in [1.165, 1.54) is 5.57 Å². The lowest BCUT2D eigenvalue weighted by molar-refractivity contribution is -0.162. The predicted octanol–water partition coefficient (Wildman–Crippen LogP) is 4.20. The van der Waals surface area contributed by atoms with Crippen molar-refractivity contribution in [2.75, 3.05) is 0 Å². The number of fused-ring (bicyclic) bond motifs is 1. The summed E-state index contributed by atoms with van der Waals surface area (Å²) in [5, 5.41) is 9.89. The first kappa shape index (κ1) is 22.1. The molecule has 5 heteroatoms. The van der Waals surface area contributed by atoms with Gasteiger partial charge in [-0.05, 0) is 49.0 Å². The average Bonchev–Trinajstić information content (AvgIpc) is 2.65. The van der Waals surface area contributed by atoms with Crippen molar-refractivity contribution in [2.24, 2.45) is 29.6 Å². The number of rotatable bonds is 6. The lowest BCUT2D eigenvalue weighted by Gasteiger charge is -2.43. The number of carbonyl (C=O) groups excluding carboxylic acids is 2. The van der Waals surface area contributed by atoms with Gasteiger partial charge in [0.25, 0.3) is 0 Å². The van der Waals surface area contributed by atoms with E-state index < -0.39 is 6.10 Å². The third-order valence-corrected chi connectivity index (χ3v) is 6.93. The summed E-state index contributed by atoms with van der Waals surface area (Å²) in [6.07, 6.45) is 9.70. The molecule has 1 heterocycles. The third-order valence-electron chi connectivity index (χ3n) is 6.93. The molecule has 0 spiro atoms. The molecule has 0 aromatic carbocycles. The molecule has 1 saturated heterocycles. The van der Waals surface area contributed by atoms with Crippen LogP contribution in [0.4, 0.5) is 0 Å². The van der Waals surface area contributed by atoms with E-state index in [1.54, 1.807) is 0 Å². The van der Waals surface area contributed by atoms with E-state index >= 15 is 0 Å². The molecule has 8 atom stereocenters. The van der Waals surface area contributed by atoms with E-state index in [-0.39, 0.29) is 42.4 Å². The molecule has 0 bridgehead atoms. The zero-order valence-electron chi connectivity index (χ0n) is 18.2. The van der Waals surface area contributed by atoms with Crippen LogP contribution in [0, 0.1) is 29.6 Å². The second-order valence-corrected chi connectivity index (χ2v) is 9.36. The quantitative estimate of drug-likeness (QED) is 0.672. The van der Waals surface area contributed by atoms with Crippen molar-refractivity contribution in [3.05, 3.63) is 23.8 Å². The lowest BCUT2D eigenvalue weighted by atomic mass is 9.65. The van der Waals surface area contributed by atoms with Crippen LogP contribution in [-0.2, 0) is 19.1 Å². The topological polar surface area (TPSA) is 72.8 Å². The zero-order valence-corrected chi connectivity index (χ0v) is 18.2. The monoisotopic (exact) mass is 404 g/mol. The molecular weight excluding hydrogens is 368 g/mol. The molecule has 0 saturated carbocycles. The van der Waals surface area contributed by atoms with Gasteiger partial charge in [-0.1, -0.05) is 45.9 Å². The Labute approximate surface area is 174 Å². The number of cyclic esters (lactones) is 1. The molecule has 1 N–H and O–H groups in total. The maximum Gasteiger partial charge on any atom is 0.308 e. The lowest BCUT2D eigenvalue weighted by Crippen LogP contribution is -2.42. The van der Waals surface area contributed by atoms with Crippen LogP contribution in [-0.4, -0.2) is 35.4 Å². The normalized spacial score (nSPS) is 37.9. The van der Waals surface area contributed by atoms with Gasteiger partial charge in [-0.2, -0.15) is 0 Å². The van der Waals surface area contributed by atoms with E-state index in [4.69, 9.17) is 9.47 Å². The van der Waals surface area contributed by atoms with Crippen LogP contribution < -0.4 is 0 Å². The number of aliphatic hydroxyl groups excluding tert-OH is 1. The second-order valence-electron chi connectivity index (χ2n) is 9.36. The molecule has 1 unspecified atom stereocenters. The molecule has 0 amide bonds. The van der Waals surface area contributed by atoms with Gasteiger partial charge in [0, 0.05) is 12.3 Å². The number of ether oxygens (including phenoxy) is 2. The molecule has 3 aliphatic rings. The molecule has 29 heavy (non-hydrogen) atoms. The number of allylic oxidation sites excluding steroid dienone is 3. The number of hydrogen-bond acceptors (Lipinski definition) is 5. The maximum atomic E-state index is 12.5. The summed E-state index contributed by atoms with van der Waals surface area (Å²) in [6, 6.07) is 0. The van der Waals surface area contributed by atoms with Crippen molar-refractivity contribution in [3.63, 3.8) is 0 Å². The van der Waals surface area contributed by atoms with Crippen LogP contribution in [0.1, 0.15) is 66.2 Å². The Morgan fingerprint density at radius 1 is 1.31 bits per heavy atom. The Kier molecular flexibility index (Phi) is 7.20. The highest BCUT2D eigenvalue weighted by Crippen LogP contribution is 2.45. The van der Waals surface area contributed by atoms with Gasteiger partial charge >= 0.3 is 11.9 Å². The Hall–Kier alpha value is -1.62. The molecule has 0 aromatic heterocycles. The minimum Gasteiger partial charge on any atom is -0.462 e. The fraction of sp³-hybridized carbons (Fsp3) is 0.750. The largest absolute Gasteiger partial charge is 0.462 e. The van der Waals surface area contributed by atoms with Gasteiger partial charge in [0.15, 0.2) is 0 Å². The molecule has 1 fully saturated rings. The Bertz CT molecular complexity index is 666. The zero-order chi connectivity index (χ0) is 21.1. The van der Waals surface area contributed by atoms with Gasteiger partial charge in [-0.15, -0.1) is 0 Å². The fourth-order valence-electron chi connectivity index (χ4n) is 5.07. The van der Waals surface area contributed by atoms with Crippen molar-refractivity contribution < 1.29 is 24.2 Å². The summed E-state index contributed by atoms with van der Waals surface area (Å²) in [5.74, 6) is 0.755. The van der Waals surface area contributed by atoms with Gasteiger partial charge in [0.05, 0.1) is 18.4 Å².